The summed E-state index contributed by atoms with van der Waals surface area (Å²) in [5.41, 5.74) is 2.51. The van der Waals surface area contributed by atoms with Gasteiger partial charge in [-0.1, -0.05) is 35.5 Å². The maximum atomic E-state index is 12.9. The Balaban J connectivity index is 1.46. The number of benzene rings is 1. The van der Waals surface area contributed by atoms with Crippen molar-refractivity contribution < 1.29 is 9.32 Å². The van der Waals surface area contributed by atoms with E-state index in [1.807, 2.05) is 11.0 Å². The summed E-state index contributed by atoms with van der Waals surface area (Å²) in [5, 5.41) is 12.7. The van der Waals surface area contributed by atoms with E-state index in [1.54, 1.807) is 13.8 Å². The molecule has 7 nitrogen and oxygen atoms in total. The standard InChI is InChI=1S/C20H23N5O2/c1-14-19(15(2)27-23-14)20(26)24-11-10-18-22-21-17(25(18)13-12-24)9-8-16-6-4-3-5-7-16/h3-7H,8-13H2,1-2H3. The number of hydrogen-bond donors (Lipinski definition) is 0. The smallest absolute Gasteiger partial charge is 0.259 e. The molecule has 0 aliphatic carbocycles. The predicted octanol–water partition coefficient (Wildman–Crippen LogP) is 2.37. The summed E-state index contributed by atoms with van der Waals surface area (Å²) in [6.45, 7) is 5.55. The number of hydrogen-bond acceptors (Lipinski definition) is 5. The normalized spacial score (nSPS) is 14.1. The van der Waals surface area contributed by atoms with Crippen LogP contribution in [0.25, 0.3) is 0 Å². The van der Waals surface area contributed by atoms with Gasteiger partial charge in [-0.3, -0.25) is 4.79 Å². The summed E-state index contributed by atoms with van der Waals surface area (Å²) in [5.74, 6) is 2.49. The van der Waals surface area contributed by atoms with Gasteiger partial charge < -0.3 is 14.0 Å². The van der Waals surface area contributed by atoms with Crippen molar-refractivity contribution in [3.8, 4) is 0 Å². The molecule has 1 amide bonds. The summed E-state index contributed by atoms with van der Waals surface area (Å²) < 4.78 is 7.32. The van der Waals surface area contributed by atoms with Gasteiger partial charge in [0.25, 0.3) is 5.91 Å². The minimum atomic E-state index is -0.0178. The highest BCUT2D eigenvalue weighted by Crippen LogP contribution is 2.18. The lowest BCUT2D eigenvalue weighted by molar-refractivity contribution is 0.0756. The van der Waals surface area contributed by atoms with Crippen molar-refractivity contribution in [2.75, 3.05) is 13.1 Å². The van der Waals surface area contributed by atoms with E-state index >= 15 is 0 Å². The molecule has 0 N–H and O–H groups in total. The van der Waals surface area contributed by atoms with Gasteiger partial charge in [0.05, 0.1) is 5.69 Å². The highest BCUT2D eigenvalue weighted by Gasteiger charge is 2.26. The van der Waals surface area contributed by atoms with Crippen LogP contribution in [0.1, 0.15) is 39.0 Å². The lowest BCUT2D eigenvalue weighted by Gasteiger charge is -2.19. The molecule has 2 aromatic heterocycles. The third-order valence-electron chi connectivity index (χ3n) is 5.12. The van der Waals surface area contributed by atoms with Crippen LogP contribution in [0, 0.1) is 13.8 Å². The zero-order valence-corrected chi connectivity index (χ0v) is 15.7. The van der Waals surface area contributed by atoms with Crippen LogP contribution in [0.2, 0.25) is 0 Å². The summed E-state index contributed by atoms with van der Waals surface area (Å²) in [6.07, 6.45) is 2.48. The average molecular weight is 365 g/mol. The quantitative estimate of drug-likeness (QED) is 0.709. The van der Waals surface area contributed by atoms with E-state index in [1.165, 1.54) is 5.56 Å². The van der Waals surface area contributed by atoms with E-state index in [0.29, 0.717) is 43.1 Å². The molecule has 3 aromatic rings. The van der Waals surface area contributed by atoms with Gasteiger partial charge in [0.2, 0.25) is 0 Å². The van der Waals surface area contributed by atoms with Gasteiger partial charge in [-0.25, -0.2) is 0 Å². The van der Waals surface area contributed by atoms with Crippen LogP contribution in [0.4, 0.5) is 0 Å². The van der Waals surface area contributed by atoms with Crippen molar-refractivity contribution in [3.63, 3.8) is 0 Å². The first-order chi connectivity index (χ1) is 13.1. The minimum absolute atomic E-state index is 0.0178. The maximum absolute atomic E-state index is 12.9. The molecule has 0 spiro atoms. The Morgan fingerprint density at radius 2 is 1.89 bits per heavy atom. The van der Waals surface area contributed by atoms with Crippen molar-refractivity contribution in [2.24, 2.45) is 0 Å². The Labute approximate surface area is 158 Å². The molecule has 27 heavy (non-hydrogen) atoms. The van der Waals surface area contributed by atoms with E-state index in [-0.39, 0.29) is 5.91 Å². The number of aryl methyl sites for hydroxylation is 4. The zero-order valence-electron chi connectivity index (χ0n) is 15.7. The Morgan fingerprint density at radius 3 is 2.63 bits per heavy atom. The second-order valence-electron chi connectivity index (χ2n) is 6.91. The summed E-state index contributed by atoms with van der Waals surface area (Å²) in [7, 11) is 0. The number of fused-ring (bicyclic) bond motifs is 1. The van der Waals surface area contributed by atoms with Gasteiger partial charge in [0.1, 0.15) is 23.0 Å². The van der Waals surface area contributed by atoms with Crippen LogP contribution < -0.4 is 0 Å². The first-order valence-corrected chi connectivity index (χ1v) is 9.30. The highest BCUT2D eigenvalue weighted by atomic mass is 16.5. The molecule has 0 fully saturated rings. The monoisotopic (exact) mass is 365 g/mol. The molecule has 0 unspecified atom stereocenters. The van der Waals surface area contributed by atoms with Gasteiger partial charge in [0, 0.05) is 32.5 Å². The molecule has 3 heterocycles. The molecule has 0 bridgehead atoms. The van der Waals surface area contributed by atoms with E-state index in [4.69, 9.17) is 4.52 Å². The highest BCUT2D eigenvalue weighted by molar-refractivity contribution is 5.96. The van der Waals surface area contributed by atoms with Crippen molar-refractivity contribution in [1.29, 1.82) is 0 Å². The maximum Gasteiger partial charge on any atom is 0.259 e. The number of carbonyl (C=O) groups excluding carboxylic acids is 1. The van der Waals surface area contributed by atoms with Crippen LogP contribution in [0.3, 0.4) is 0 Å². The van der Waals surface area contributed by atoms with Crippen molar-refractivity contribution in [3.05, 3.63) is 64.6 Å². The van der Waals surface area contributed by atoms with Crippen LogP contribution in [0.5, 0.6) is 0 Å². The van der Waals surface area contributed by atoms with Crippen LogP contribution in [-0.2, 0) is 25.8 Å². The van der Waals surface area contributed by atoms with E-state index in [0.717, 1.165) is 24.5 Å². The second kappa shape index (κ2) is 7.34. The third-order valence-corrected chi connectivity index (χ3v) is 5.12. The first-order valence-electron chi connectivity index (χ1n) is 9.30. The van der Waals surface area contributed by atoms with Crippen LogP contribution in [-0.4, -0.2) is 43.8 Å². The van der Waals surface area contributed by atoms with E-state index < -0.39 is 0 Å². The summed E-state index contributed by atoms with van der Waals surface area (Å²) >= 11 is 0. The third kappa shape index (κ3) is 3.49. The Hall–Kier alpha value is -2.96. The minimum Gasteiger partial charge on any atom is -0.361 e. The molecule has 0 radical (unpaired) electrons. The number of aromatic nitrogens is 4. The molecular weight excluding hydrogens is 342 g/mol. The molecule has 0 atom stereocenters. The average Bonchev–Trinajstić information content (AvgIpc) is 3.15. The second-order valence-corrected chi connectivity index (χ2v) is 6.91. The van der Waals surface area contributed by atoms with E-state index in [9.17, 15) is 4.79 Å². The number of nitrogens with zero attached hydrogens (tertiary/aromatic N) is 5. The molecule has 1 aliphatic rings. The zero-order chi connectivity index (χ0) is 18.8. The molecule has 7 heteroatoms. The first kappa shape index (κ1) is 17.5. The fourth-order valence-electron chi connectivity index (χ4n) is 3.62. The Bertz CT molecular complexity index is 925. The van der Waals surface area contributed by atoms with Gasteiger partial charge in [-0.2, -0.15) is 0 Å². The lowest BCUT2D eigenvalue weighted by Crippen LogP contribution is -2.34. The molecule has 140 valence electrons. The number of carbonyl (C=O) groups is 1. The summed E-state index contributed by atoms with van der Waals surface area (Å²) in [4.78, 5) is 14.8. The van der Waals surface area contributed by atoms with Gasteiger partial charge in [-0.05, 0) is 25.8 Å². The van der Waals surface area contributed by atoms with E-state index in [2.05, 4.69) is 44.2 Å². The lowest BCUT2D eigenvalue weighted by atomic mass is 10.1. The van der Waals surface area contributed by atoms with Crippen molar-refractivity contribution in [1.82, 2.24) is 24.8 Å². The van der Waals surface area contributed by atoms with Gasteiger partial charge in [-0.15, -0.1) is 10.2 Å². The van der Waals surface area contributed by atoms with Gasteiger partial charge in [0.15, 0.2) is 0 Å². The predicted molar refractivity (Wildman–Crippen MR) is 99.5 cm³/mol. The van der Waals surface area contributed by atoms with Crippen LogP contribution in [0.15, 0.2) is 34.9 Å². The van der Waals surface area contributed by atoms with Crippen molar-refractivity contribution >= 4 is 5.91 Å². The fourth-order valence-corrected chi connectivity index (χ4v) is 3.62. The number of rotatable bonds is 4. The van der Waals surface area contributed by atoms with Crippen LogP contribution >= 0.6 is 0 Å². The SMILES string of the molecule is Cc1noc(C)c1C(=O)N1CCc2nnc(CCc3ccccc3)n2CC1. The van der Waals surface area contributed by atoms with Gasteiger partial charge >= 0.3 is 0 Å². The molecule has 0 saturated carbocycles. The topological polar surface area (TPSA) is 77.1 Å². The molecule has 4 rings (SSSR count). The molecule has 0 saturated heterocycles. The molecular formula is C20H23N5O2. The fraction of sp³-hybridized carbons (Fsp3) is 0.400. The largest absolute Gasteiger partial charge is 0.361 e. The number of amides is 1. The van der Waals surface area contributed by atoms with Crippen molar-refractivity contribution in [2.45, 2.75) is 39.7 Å². The summed E-state index contributed by atoms with van der Waals surface area (Å²) in [6, 6.07) is 10.4. The molecule has 1 aromatic carbocycles. The Kier molecular flexibility index (Phi) is 4.75. The Morgan fingerprint density at radius 1 is 1.07 bits per heavy atom. The molecule has 1 aliphatic heterocycles.